The van der Waals surface area contributed by atoms with E-state index in [2.05, 4.69) is 44.6 Å². The minimum atomic E-state index is 0.294. The largest absolute Gasteiger partial charge is 0.356 e. The molecule has 2 N–H and O–H groups in total. The summed E-state index contributed by atoms with van der Waals surface area (Å²) in [6, 6.07) is 5.94. The lowest BCUT2D eigenvalue weighted by atomic mass is 10.2. The molecule has 0 aliphatic carbocycles. The number of hydrogen-bond donors (Lipinski definition) is 2. The molecule has 2 aromatic rings. The molecule has 2 aromatic heterocycles. The van der Waals surface area contributed by atoms with E-state index < -0.39 is 0 Å². The molecule has 2 heterocycles. The van der Waals surface area contributed by atoms with Gasteiger partial charge in [-0.1, -0.05) is 25.1 Å². The van der Waals surface area contributed by atoms with Crippen molar-refractivity contribution in [3.05, 3.63) is 41.8 Å². The van der Waals surface area contributed by atoms with Crippen LogP contribution in [0.2, 0.25) is 0 Å². The summed E-state index contributed by atoms with van der Waals surface area (Å²) < 4.78 is 5.23. The van der Waals surface area contributed by atoms with Gasteiger partial charge in [0.25, 0.3) is 0 Å². The molecule has 0 aliphatic rings. The van der Waals surface area contributed by atoms with Gasteiger partial charge in [0.2, 0.25) is 5.89 Å². The van der Waals surface area contributed by atoms with Gasteiger partial charge in [-0.25, -0.2) is 0 Å². The second-order valence-corrected chi connectivity index (χ2v) is 5.80. The fraction of sp³-hybridized carbons (Fsp3) is 0.529. The van der Waals surface area contributed by atoms with Crippen molar-refractivity contribution in [2.75, 3.05) is 20.1 Å². The molecular formula is C17H26N6O. The summed E-state index contributed by atoms with van der Waals surface area (Å²) in [6.07, 6.45) is 4.34. The smallest absolute Gasteiger partial charge is 0.226 e. The van der Waals surface area contributed by atoms with Gasteiger partial charge in [-0.15, -0.1) is 0 Å². The Morgan fingerprint density at radius 3 is 2.71 bits per heavy atom. The Kier molecular flexibility index (Phi) is 7.20. The number of nitrogens with zero attached hydrogens (tertiary/aromatic N) is 4. The van der Waals surface area contributed by atoms with Gasteiger partial charge in [-0.3, -0.25) is 9.98 Å². The van der Waals surface area contributed by atoms with E-state index in [0.29, 0.717) is 11.8 Å². The van der Waals surface area contributed by atoms with Crippen LogP contribution in [-0.2, 0) is 12.8 Å². The number of aryl methyl sites for hydroxylation is 1. The van der Waals surface area contributed by atoms with Crippen molar-refractivity contribution in [1.82, 2.24) is 25.8 Å². The van der Waals surface area contributed by atoms with Crippen LogP contribution >= 0.6 is 0 Å². The van der Waals surface area contributed by atoms with Crippen LogP contribution in [0.25, 0.3) is 0 Å². The first-order chi connectivity index (χ1) is 11.7. The van der Waals surface area contributed by atoms with Gasteiger partial charge in [0, 0.05) is 50.8 Å². The van der Waals surface area contributed by atoms with Crippen LogP contribution in [0.15, 0.2) is 33.9 Å². The maximum Gasteiger partial charge on any atom is 0.226 e. The second kappa shape index (κ2) is 9.64. The Hall–Kier alpha value is -2.44. The Labute approximate surface area is 143 Å². The van der Waals surface area contributed by atoms with E-state index in [1.54, 1.807) is 7.05 Å². The highest BCUT2D eigenvalue weighted by atomic mass is 16.5. The van der Waals surface area contributed by atoms with E-state index in [1.165, 1.54) is 0 Å². The molecule has 0 unspecified atom stereocenters. The highest BCUT2D eigenvalue weighted by molar-refractivity contribution is 5.79. The van der Waals surface area contributed by atoms with Gasteiger partial charge < -0.3 is 15.2 Å². The molecule has 24 heavy (non-hydrogen) atoms. The molecule has 0 saturated carbocycles. The third-order valence-corrected chi connectivity index (χ3v) is 3.48. The average molecular weight is 330 g/mol. The van der Waals surface area contributed by atoms with E-state index in [4.69, 9.17) is 4.52 Å². The molecule has 0 aromatic carbocycles. The van der Waals surface area contributed by atoms with Gasteiger partial charge >= 0.3 is 0 Å². The average Bonchev–Trinajstić information content (AvgIpc) is 3.07. The zero-order valence-electron chi connectivity index (χ0n) is 14.6. The minimum absolute atomic E-state index is 0.294. The maximum atomic E-state index is 5.23. The number of hydrogen-bond acceptors (Lipinski definition) is 5. The molecule has 0 spiro atoms. The third-order valence-electron chi connectivity index (χ3n) is 3.48. The number of aromatic nitrogens is 3. The summed E-state index contributed by atoms with van der Waals surface area (Å²) >= 11 is 0. The molecule has 7 heteroatoms. The Morgan fingerprint density at radius 2 is 2.04 bits per heavy atom. The lowest BCUT2D eigenvalue weighted by Crippen LogP contribution is -2.38. The molecule has 0 atom stereocenters. The van der Waals surface area contributed by atoms with Crippen LogP contribution in [0.5, 0.6) is 0 Å². The predicted octanol–water partition coefficient (Wildman–Crippen LogP) is 1.93. The monoisotopic (exact) mass is 330 g/mol. The molecular weight excluding hydrogens is 304 g/mol. The Balaban J connectivity index is 1.62. The van der Waals surface area contributed by atoms with Crippen molar-refractivity contribution >= 4 is 5.96 Å². The van der Waals surface area contributed by atoms with Crippen molar-refractivity contribution in [3.8, 4) is 0 Å². The van der Waals surface area contributed by atoms with Crippen LogP contribution in [0.3, 0.4) is 0 Å². The maximum absolute atomic E-state index is 5.23. The fourth-order valence-electron chi connectivity index (χ4n) is 2.13. The van der Waals surface area contributed by atoms with Gasteiger partial charge in [0.15, 0.2) is 11.8 Å². The highest BCUT2D eigenvalue weighted by Gasteiger charge is 2.09. The number of guanidine groups is 1. The molecule has 7 nitrogen and oxygen atoms in total. The summed E-state index contributed by atoms with van der Waals surface area (Å²) in [5.74, 6) is 2.55. The van der Waals surface area contributed by atoms with Gasteiger partial charge in [0.05, 0.1) is 0 Å². The zero-order valence-corrected chi connectivity index (χ0v) is 14.6. The number of aliphatic imine (C=N–C) groups is 1. The Bertz CT molecular complexity index is 623. The summed E-state index contributed by atoms with van der Waals surface area (Å²) in [4.78, 5) is 12.9. The number of nitrogens with one attached hydrogen (secondary N) is 2. The van der Waals surface area contributed by atoms with E-state index in [0.717, 1.165) is 49.8 Å². The molecule has 130 valence electrons. The highest BCUT2D eigenvalue weighted by Crippen LogP contribution is 2.10. The molecule has 0 bridgehead atoms. The van der Waals surface area contributed by atoms with Gasteiger partial charge in [0.1, 0.15) is 0 Å². The molecule has 0 amide bonds. The Morgan fingerprint density at radius 1 is 1.21 bits per heavy atom. The summed E-state index contributed by atoms with van der Waals surface area (Å²) in [7, 11) is 1.77. The normalized spacial score (nSPS) is 11.8. The van der Waals surface area contributed by atoms with Crippen molar-refractivity contribution in [3.63, 3.8) is 0 Å². The molecule has 0 saturated heterocycles. The first kappa shape index (κ1) is 17.9. The van der Waals surface area contributed by atoms with Crippen LogP contribution < -0.4 is 10.6 Å². The molecule has 2 rings (SSSR count). The summed E-state index contributed by atoms with van der Waals surface area (Å²) in [5.41, 5.74) is 1.07. The summed E-state index contributed by atoms with van der Waals surface area (Å²) in [5, 5.41) is 10.5. The van der Waals surface area contributed by atoms with E-state index >= 15 is 0 Å². The van der Waals surface area contributed by atoms with Crippen LogP contribution in [0, 0.1) is 0 Å². The van der Waals surface area contributed by atoms with Crippen molar-refractivity contribution in [2.45, 2.75) is 39.0 Å². The topological polar surface area (TPSA) is 88.2 Å². The minimum Gasteiger partial charge on any atom is -0.356 e. The SMILES string of the molecule is CN=C(NCCCc1nc(C(C)C)no1)NCCc1ccccn1. The number of pyridine rings is 1. The van der Waals surface area contributed by atoms with Gasteiger partial charge in [-0.05, 0) is 18.6 Å². The van der Waals surface area contributed by atoms with E-state index in [-0.39, 0.29) is 0 Å². The predicted molar refractivity (Wildman–Crippen MR) is 94.0 cm³/mol. The summed E-state index contributed by atoms with van der Waals surface area (Å²) in [6.45, 7) is 5.69. The first-order valence-corrected chi connectivity index (χ1v) is 8.36. The second-order valence-electron chi connectivity index (χ2n) is 5.80. The first-order valence-electron chi connectivity index (χ1n) is 8.36. The number of rotatable bonds is 8. The van der Waals surface area contributed by atoms with Gasteiger partial charge in [-0.2, -0.15) is 4.98 Å². The van der Waals surface area contributed by atoms with Crippen molar-refractivity contribution in [1.29, 1.82) is 0 Å². The lowest BCUT2D eigenvalue weighted by molar-refractivity contribution is 0.368. The van der Waals surface area contributed by atoms with Crippen LogP contribution in [0.1, 0.15) is 43.6 Å². The van der Waals surface area contributed by atoms with E-state index in [9.17, 15) is 0 Å². The van der Waals surface area contributed by atoms with E-state index in [1.807, 2.05) is 24.4 Å². The molecule has 0 radical (unpaired) electrons. The fourth-order valence-corrected chi connectivity index (χ4v) is 2.13. The van der Waals surface area contributed by atoms with Crippen LogP contribution in [-0.4, -0.2) is 41.2 Å². The van der Waals surface area contributed by atoms with Crippen LogP contribution in [0.4, 0.5) is 0 Å². The third kappa shape index (κ3) is 5.98. The molecule has 0 aliphatic heterocycles. The zero-order chi connectivity index (χ0) is 17.2. The van der Waals surface area contributed by atoms with Crippen molar-refractivity contribution < 1.29 is 4.52 Å². The lowest BCUT2D eigenvalue weighted by Gasteiger charge is -2.11. The van der Waals surface area contributed by atoms with Crippen molar-refractivity contribution in [2.24, 2.45) is 4.99 Å². The molecule has 0 fully saturated rings. The quantitative estimate of drug-likeness (QED) is 0.437. The standard InChI is InChI=1S/C17H26N6O/c1-13(2)16-22-15(24-23-16)8-6-11-20-17(18-3)21-12-9-14-7-4-5-10-19-14/h4-5,7,10,13H,6,8-9,11-12H2,1-3H3,(H2,18,20,21).